The molecule has 0 bridgehead atoms. The van der Waals surface area contributed by atoms with Crippen LogP contribution < -0.4 is 5.32 Å². The molecule has 0 aliphatic carbocycles. The van der Waals surface area contributed by atoms with Crippen molar-refractivity contribution in [2.75, 3.05) is 11.1 Å². The Kier molecular flexibility index (Phi) is 2.84. The summed E-state index contributed by atoms with van der Waals surface area (Å²) in [5.41, 5.74) is 1.65. The number of halogens is 1. The molecule has 0 atom stereocenters. The molecule has 80 valence electrons. The minimum absolute atomic E-state index is 0.212. The van der Waals surface area contributed by atoms with Gasteiger partial charge in [-0.1, -0.05) is 22.0 Å². The molecule has 0 saturated carbocycles. The highest BCUT2D eigenvalue weighted by Crippen LogP contribution is 2.21. The van der Waals surface area contributed by atoms with Crippen LogP contribution in [0.1, 0.15) is 6.42 Å². The maximum absolute atomic E-state index is 11.2. The van der Waals surface area contributed by atoms with Crippen LogP contribution in [0.3, 0.4) is 0 Å². The Balaban J connectivity index is 2.17. The second-order valence-electron chi connectivity index (χ2n) is 3.40. The van der Waals surface area contributed by atoms with E-state index in [1.165, 1.54) is 5.41 Å². The van der Waals surface area contributed by atoms with E-state index in [1.807, 2.05) is 24.3 Å². The summed E-state index contributed by atoms with van der Waals surface area (Å²) >= 11 is 3.36. The predicted molar refractivity (Wildman–Crippen MR) is 64.3 cm³/mol. The summed E-state index contributed by atoms with van der Waals surface area (Å²) in [5.74, 6) is 0.212. The number of rotatable bonds is 2. The SMILES string of the molecule is O=S1(=O)C=C(Nc2cccc(Br)c2)CC1. The molecule has 2 rings (SSSR count). The smallest absolute Gasteiger partial charge is 0.173 e. The topological polar surface area (TPSA) is 46.2 Å². The molecule has 1 N–H and O–H groups in total. The van der Waals surface area contributed by atoms with E-state index in [1.54, 1.807) is 0 Å². The minimum atomic E-state index is -2.96. The summed E-state index contributed by atoms with van der Waals surface area (Å²) in [6.07, 6.45) is 0.564. The molecular formula is C10H10BrNO2S. The number of hydrogen-bond donors (Lipinski definition) is 1. The monoisotopic (exact) mass is 287 g/mol. The van der Waals surface area contributed by atoms with Crippen LogP contribution in [0.25, 0.3) is 0 Å². The van der Waals surface area contributed by atoms with Gasteiger partial charge in [0, 0.05) is 27.7 Å². The minimum Gasteiger partial charge on any atom is -0.358 e. The molecule has 0 radical (unpaired) electrons. The van der Waals surface area contributed by atoms with E-state index in [9.17, 15) is 8.42 Å². The van der Waals surface area contributed by atoms with Crippen molar-refractivity contribution in [3.8, 4) is 0 Å². The zero-order chi connectivity index (χ0) is 10.9. The number of benzene rings is 1. The first-order chi connectivity index (χ1) is 7.05. The number of anilines is 1. The summed E-state index contributed by atoms with van der Waals surface area (Å²) in [4.78, 5) is 0. The Labute approximate surface area is 97.2 Å². The van der Waals surface area contributed by atoms with Gasteiger partial charge in [-0.25, -0.2) is 8.42 Å². The molecule has 15 heavy (non-hydrogen) atoms. The van der Waals surface area contributed by atoms with Crippen LogP contribution in [0.4, 0.5) is 5.69 Å². The molecule has 0 spiro atoms. The quantitative estimate of drug-likeness (QED) is 0.909. The molecule has 0 aromatic heterocycles. The van der Waals surface area contributed by atoms with Crippen molar-refractivity contribution < 1.29 is 8.42 Å². The molecule has 1 aromatic carbocycles. The number of allylic oxidation sites excluding steroid dienone is 1. The average Bonchev–Trinajstić information content (AvgIpc) is 2.45. The van der Waals surface area contributed by atoms with Gasteiger partial charge in [-0.3, -0.25) is 0 Å². The van der Waals surface area contributed by atoms with Crippen LogP contribution in [0.2, 0.25) is 0 Å². The third-order valence-electron chi connectivity index (χ3n) is 2.11. The first kappa shape index (κ1) is 10.7. The summed E-state index contributed by atoms with van der Waals surface area (Å²) in [6, 6.07) is 7.63. The summed E-state index contributed by atoms with van der Waals surface area (Å²) in [5, 5.41) is 4.40. The molecular weight excluding hydrogens is 278 g/mol. The highest BCUT2D eigenvalue weighted by Gasteiger charge is 2.18. The highest BCUT2D eigenvalue weighted by atomic mass is 79.9. The number of hydrogen-bond acceptors (Lipinski definition) is 3. The van der Waals surface area contributed by atoms with Gasteiger partial charge in [0.25, 0.3) is 0 Å². The lowest BCUT2D eigenvalue weighted by Gasteiger charge is -2.05. The molecule has 0 amide bonds. The molecule has 0 fully saturated rings. The normalized spacial score (nSPS) is 18.6. The van der Waals surface area contributed by atoms with Gasteiger partial charge in [0.15, 0.2) is 9.84 Å². The third-order valence-corrected chi connectivity index (χ3v) is 4.02. The average molecular weight is 288 g/mol. The zero-order valence-electron chi connectivity index (χ0n) is 7.90. The summed E-state index contributed by atoms with van der Waals surface area (Å²) in [6.45, 7) is 0. The van der Waals surface area contributed by atoms with Gasteiger partial charge >= 0.3 is 0 Å². The molecule has 5 heteroatoms. The molecule has 0 saturated heterocycles. The van der Waals surface area contributed by atoms with Crippen molar-refractivity contribution in [3.63, 3.8) is 0 Å². The van der Waals surface area contributed by atoms with Crippen LogP contribution >= 0.6 is 15.9 Å². The fourth-order valence-corrected chi connectivity index (χ4v) is 3.06. The molecule has 1 aliphatic heterocycles. The Bertz CT molecular complexity index is 508. The fraction of sp³-hybridized carbons (Fsp3) is 0.200. The van der Waals surface area contributed by atoms with E-state index in [-0.39, 0.29) is 5.75 Å². The first-order valence-electron chi connectivity index (χ1n) is 4.51. The standard InChI is InChI=1S/C10H10BrNO2S/c11-8-2-1-3-9(6-8)12-10-4-5-15(13,14)7-10/h1-3,6-7,12H,4-5H2. The lowest BCUT2D eigenvalue weighted by molar-refractivity contribution is 0.606. The largest absolute Gasteiger partial charge is 0.358 e. The van der Waals surface area contributed by atoms with Crippen molar-refractivity contribution in [2.45, 2.75) is 6.42 Å². The van der Waals surface area contributed by atoms with E-state index in [4.69, 9.17) is 0 Å². The van der Waals surface area contributed by atoms with Gasteiger partial charge < -0.3 is 5.32 Å². The second kappa shape index (κ2) is 3.98. The lowest BCUT2D eigenvalue weighted by atomic mass is 10.3. The molecule has 0 unspecified atom stereocenters. The molecule has 1 heterocycles. The van der Waals surface area contributed by atoms with Crippen molar-refractivity contribution >= 4 is 31.5 Å². The van der Waals surface area contributed by atoms with Crippen LogP contribution in [-0.2, 0) is 9.84 Å². The maximum atomic E-state index is 11.2. The van der Waals surface area contributed by atoms with Crippen LogP contribution in [-0.4, -0.2) is 14.2 Å². The van der Waals surface area contributed by atoms with Crippen LogP contribution in [0.15, 0.2) is 39.8 Å². The van der Waals surface area contributed by atoms with Gasteiger partial charge in [0.1, 0.15) is 0 Å². The van der Waals surface area contributed by atoms with Gasteiger partial charge in [0.2, 0.25) is 0 Å². The van der Waals surface area contributed by atoms with E-state index in [0.29, 0.717) is 6.42 Å². The van der Waals surface area contributed by atoms with Crippen molar-refractivity contribution in [3.05, 3.63) is 39.8 Å². The lowest BCUT2D eigenvalue weighted by Crippen LogP contribution is -1.96. The van der Waals surface area contributed by atoms with Crippen molar-refractivity contribution in [1.82, 2.24) is 0 Å². The van der Waals surface area contributed by atoms with Crippen LogP contribution in [0.5, 0.6) is 0 Å². The van der Waals surface area contributed by atoms with Crippen LogP contribution in [0, 0.1) is 0 Å². The Hall–Kier alpha value is -0.810. The Morgan fingerprint density at radius 1 is 1.33 bits per heavy atom. The third kappa shape index (κ3) is 2.82. The first-order valence-corrected chi connectivity index (χ1v) is 7.02. The maximum Gasteiger partial charge on any atom is 0.173 e. The fourth-order valence-electron chi connectivity index (χ4n) is 1.43. The van der Waals surface area contributed by atoms with Gasteiger partial charge in [-0.15, -0.1) is 0 Å². The molecule has 1 aromatic rings. The van der Waals surface area contributed by atoms with E-state index in [2.05, 4.69) is 21.2 Å². The second-order valence-corrected chi connectivity index (χ2v) is 6.28. The highest BCUT2D eigenvalue weighted by molar-refractivity contribution is 9.10. The van der Waals surface area contributed by atoms with Crippen molar-refractivity contribution in [1.29, 1.82) is 0 Å². The van der Waals surface area contributed by atoms with Gasteiger partial charge in [-0.05, 0) is 18.2 Å². The van der Waals surface area contributed by atoms with Gasteiger partial charge in [0.05, 0.1) is 5.75 Å². The number of sulfone groups is 1. The predicted octanol–water partition coefficient (Wildman–Crippen LogP) is 2.52. The van der Waals surface area contributed by atoms with Crippen molar-refractivity contribution in [2.24, 2.45) is 0 Å². The van der Waals surface area contributed by atoms with E-state index in [0.717, 1.165) is 15.9 Å². The Morgan fingerprint density at radius 3 is 2.73 bits per heavy atom. The summed E-state index contributed by atoms with van der Waals surface area (Å²) < 4.78 is 23.3. The Morgan fingerprint density at radius 2 is 2.13 bits per heavy atom. The number of nitrogens with one attached hydrogen (secondary N) is 1. The molecule has 3 nitrogen and oxygen atoms in total. The van der Waals surface area contributed by atoms with E-state index >= 15 is 0 Å². The molecule has 1 aliphatic rings. The van der Waals surface area contributed by atoms with E-state index < -0.39 is 9.84 Å². The zero-order valence-corrected chi connectivity index (χ0v) is 10.3. The van der Waals surface area contributed by atoms with Gasteiger partial charge in [-0.2, -0.15) is 0 Å². The summed E-state index contributed by atoms with van der Waals surface area (Å²) in [7, 11) is -2.96.